The summed E-state index contributed by atoms with van der Waals surface area (Å²) in [7, 11) is 3.38. The second-order valence-electron chi connectivity index (χ2n) is 4.38. The average Bonchev–Trinajstić information content (AvgIpc) is 2.91. The van der Waals surface area contributed by atoms with Crippen LogP contribution >= 0.6 is 0 Å². The minimum Gasteiger partial charge on any atom is -0.373 e. The Balaban J connectivity index is 2.03. The molecule has 3 rings (SSSR count). The van der Waals surface area contributed by atoms with Crippen LogP contribution in [0, 0.1) is 0 Å². The lowest BCUT2D eigenvalue weighted by atomic mass is 10.1. The minimum atomic E-state index is -0.307. The van der Waals surface area contributed by atoms with Gasteiger partial charge in [0.05, 0.1) is 18.1 Å². The molecule has 0 aliphatic rings. The number of fused-ring (bicyclic) bond motifs is 1. The van der Waals surface area contributed by atoms with Gasteiger partial charge in [0, 0.05) is 12.4 Å². The molecule has 0 bridgehead atoms. The number of para-hydroxylation sites is 1. The van der Waals surface area contributed by atoms with E-state index in [0.29, 0.717) is 11.4 Å². The van der Waals surface area contributed by atoms with Gasteiger partial charge in [-0.3, -0.25) is 10.1 Å². The van der Waals surface area contributed by atoms with E-state index in [1.807, 2.05) is 24.3 Å². The quantitative estimate of drug-likeness (QED) is 0.745. The van der Waals surface area contributed by atoms with Crippen LogP contribution in [0.2, 0.25) is 0 Å². The number of hydrogen-bond acceptors (Lipinski definition) is 6. The standard InChI is InChI=1S/C13H13N7O/c1-14-11-7-9(8-5-3-4-6-10(8)15-11)12(21)16-13-17-19-20(2)18-13/h3-7H,1-2H3,(H,14,15)(H,16,18,21). The smallest absolute Gasteiger partial charge is 0.270 e. The Labute approximate surface area is 120 Å². The lowest BCUT2D eigenvalue weighted by Gasteiger charge is -2.08. The molecule has 1 aromatic carbocycles. The van der Waals surface area contributed by atoms with Gasteiger partial charge in [-0.1, -0.05) is 23.3 Å². The predicted molar refractivity (Wildman–Crippen MR) is 78.0 cm³/mol. The number of hydrogen-bond donors (Lipinski definition) is 2. The molecule has 2 aromatic heterocycles. The van der Waals surface area contributed by atoms with Gasteiger partial charge >= 0.3 is 0 Å². The van der Waals surface area contributed by atoms with Crippen LogP contribution in [-0.2, 0) is 7.05 Å². The highest BCUT2D eigenvalue weighted by Gasteiger charge is 2.14. The molecule has 0 unspecified atom stereocenters. The van der Waals surface area contributed by atoms with E-state index in [9.17, 15) is 4.79 Å². The Morgan fingerprint density at radius 2 is 2.10 bits per heavy atom. The number of carbonyl (C=O) groups excluding carboxylic acids is 1. The molecular formula is C13H13N7O. The van der Waals surface area contributed by atoms with Crippen LogP contribution in [-0.4, -0.2) is 38.1 Å². The Hall–Kier alpha value is -3.03. The Bertz CT molecular complexity index is 811. The number of anilines is 2. The van der Waals surface area contributed by atoms with Gasteiger partial charge in [-0.05, 0) is 17.3 Å². The molecule has 0 radical (unpaired) electrons. The molecule has 0 spiro atoms. The minimum absolute atomic E-state index is 0.161. The SMILES string of the molecule is CNc1cc(C(=O)Nc2nnn(C)n2)c2ccccc2n1. The Kier molecular flexibility index (Phi) is 3.19. The van der Waals surface area contributed by atoms with Gasteiger partial charge in [0.2, 0.25) is 0 Å². The van der Waals surface area contributed by atoms with Gasteiger partial charge in [-0.2, -0.15) is 4.80 Å². The first kappa shape index (κ1) is 13.0. The zero-order chi connectivity index (χ0) is 14.8. The third-order valence-corrected chi connectivity index (χ3v) is 2.95. The summed E-state index contributed by atoms with van der Waals surface area (Å²) in [6, 6.07) is 9.13. The second kappa shape index (κ2) is 5.16. The topological polar surface area (TPSA) is 97.6 Å². The van der Waals surface area contributed by atoms with Gasteiger partial charge in [0.15, 0.2) is 0 Å². The van der Waals surface area contributed by atoms with E-state index < -0.39 is 0 Å². The first-order chi connectivity index (χ1) is 10.2. The second-order valence-corrected chi connectivity index (χ2v) is 4.38. The van der Waals surface area contributed by atoms with Gasteiger partial charge in [0.1, 0.15) is 5.82 Å². The molecule has 0 aliphatic heterocycles. The summed E-state index contributed by atoms with van der Waals surface area (Å²) in [5.41, 5.74) is 1.24. The molecule has 0 saturated heterocycles. The Morgan fingerprint density at radius 3 is 2.81 bits per heavy atom. The first-order valence-electron chi connectivity index (χ1n) is 6.30. The zero-order valence-electron chi connectivity index (χ0n) is 11.5. The summed E-state index contributed by atoms with van der Waals surface area (Å²) < 4.78 is 0. The number of aryl methyl sites for hydroxylation is 1. The van der Waals surface area contributed by atoms with E-state index >= 15 is 0 Å². The van der Waals surface area contributed by atoms with Crippen LogP contribution < -0.4 is 10.6 Å². The summed E-state index contributed by atoms with van der Waals surface area (Å²) in [6.45, 7) is 0. The van der Waals surface area contributed by atoms with Crippen molar-refractivity contribution < 1.29 is 4.79 Å². The monoisotopic (exact) mass is 283 g/mol. The van der Waals surface area contributed by atoms with Crippen molar-refractivity contribution in [2.24, 2.45) is 7.05 Å². The number of carbonyl (C=O) groups is 1. The fraction of sp³-hybridized carbons (Fsp3) is 0.154. The summed E-state index contributed by atoms with van der Waals surface area (Å²) >= 11 is 0. The molecule has 0 aliphatic carbocycles. The van der Waals surface area contributed by atoms with Gasteiger partial charge in [-0.15, -0.1) is 5.10 Å². The molecule has 2 heterocycles. The van der Waals surface area contributed by atoms with E-state index in [2.05, 4.69) is 31.0 Å². The first-order valence-corrected chi connectivity index (χ1v) is 6.30. The number of nitrogens with zero attached hydrogens (tertiary/aromatic N) is 5. The number of benzene rings is 1. The molecular weight excluding hydrogens is 270 g/mol. The zero-order valence-corrected chi connectivity index (χ0v) is 11.5. The van der Waals surface area contributed by atoms with Crippen molar-refractivity contribution >= 4 is 28.6 Å². The van der Waals surface area contributed by atoms with Crippen molar-refractivity contribution in [2.75, 3.05) is 17.7 Å². The molecule has 106 valence electrons. The number of aromatic nitrogens is 5. The Morgan fingerprint density at radius 1 is 1.29 bits per heavy atom. The maximum Gasteiger partial charge on any atom is 0.270 e. The highest BCUT2D eigenvalue weighted by atomic mass is 16.1. The lowest BCUT2D eigenvalue weighted by Crippen LogP contribution is -2.14. The molecule has 1 amide bonds. The van der Waals surface area contributed by atoms with Crippen LogP contribution in [0.15, 0.2) is 30.3 Å². The molecule has 8 heteroatoms. The van der Waals surface area contributed by atoms with Crippen molar-refractivity contribution in [1.29, 1.82) is 0 Å². The van der Waals surface area contributed by atoms with E-state index in [1.54, 1.807) is 20.2 Å². The van der Waals surface area contributed by atoms with Crippen molar-refractivity contribution in [2.45, 2.75) is 0 Å². The van der Waals surface area contributed by atoms with E-state index in [4.69, 9.17) is 0 Å². The van der Waals surface area contributed by atoms with Crippen molar-refractivity contribution in [1.82, 2.24) is 25.2 Å². The largest absolute Gasteiger partial charge is 0.373 e. The normalized spacial score (nSPS) is 10.6. The molecule has 21 heavy (non-hydrogen) atoms. The maximum atomic E-state index is 12.4. The third-order valence-electron chi connectivity index (χ3n) is 2.95. The number of rotatable bonds is 3. The summed E-state index contributed by atoms with van der Waals surface area (Å²) in [5, 5.41) is 17.7. The fourth-order valence-electron chi connectivity index (χ4n) is 1.99. The van der Waals surface area contributed by atoms with Gasteiger partial charge in [0.25, 0.3) is 11.9 Å². The maximum absolute atomic E-state index is 12.4. The van der Waals surface area contributed by atoms with Gasteiger partial charge in [-0.25, -0.2) is 4.98 Å². The summed E-state index contributed by atoms with van der Waals surface area (Å²) in [4.78, 5) is 18.1. The third kappa shape index (κ3) is 2.50. The van der Waals surface area contributed by atoms with Gasteiger partial charge < -0.3 is 5.32 Å². The summed E-state index contributed by atoms with van der Waals surface area (Å²) in [6.07, 6.45) is 0. The van der Waals surface area contributed by atoms with Crippen LogP contribution in [0.5, 0.6) is 0 Å². The molecule has 0 atom stereocenters. The van der Waals surface area contributed by atoms with E-state index in [0.717, 1.165) is 10.9 Å². The predicted octanol–water partition coefficient (Wildman–Crippen LogP) is 1.05. The van der Waals surface area contributed by atoms with Crippen molar-refractivity contribution in [3.63, 3.8) is 0 Å². The molecule has 0 fully saturated rings. The highest BCUT2D eigenvalue weighted by Crippen LogP contribution is 2.21. The number of nitrogens with one attached hydrogen (secondary N) is 2. The average molecular weight is 283 g/mol. The fourth-order valence-corrected chi connectivity index (χ4v) is 1.99. The molecule has 8 nitrogen and oxygen atoms in total. The highest BCUT2D eigenvalue weighted by molar-refractivity contribution is 6.12. The lowest BCUT2D eigenvalue weighted by molar-refractivity contribution is 0.102. The van der Waals surface area contributed by atoms with Crippen molar-refractivity contribution in [3.05, 3.63) is 35.9 Å². The number of amides is 1. The van der Waals surface area contributed by atoms with Crippen LogP contribution in [0.3, 0.4) is 0 Å². The van der Waals surface area contributed by atoms with Crippen LogP contribution in [0.4, 0.5) is 11.8 Å². The molecule has 2 N–H and O–H groups in total. The summed E-state index contributed by atoms with van der Waals surface area (Å²) in [5.74, 6) is 0.471. The molecule has 0 saturated carbocycles. The van der Waals surface area contributed by atoms with E-state index in [1.165, 1.54) is 4.80 Å². The number of pyridine rings is 1. The van der Waals surface area contributed by atoms with Crippen LogP contribution in [0.1, 0.15) is 10.4 Å². The molecule has 3 aromatic rings. The number of tetrazole rings is 1. The van der Waals surface area contributed by atoms with E-state index in [-0.39, 0.29) is 11.9 Å². The van der Waals surface area contributed by atoms with Crippen molar-refractivity contribution in [3.8, 4) is 0 Å². The van der Waals surface area contributed by atoms with Crippen LogP contribution in [0.25, 0.3) is 10.9 Å².